The minimum absolute atomic E-state index is 0.0294. The van der Waals surface area contributed by atoms with Crippen molar-refractivity contribution in [2.45, 2.75) is 23.8 Å². The second-order valence-electron chi connectivity index (χ2n) is 5.05. The van der Waals surface area contributed by atoms with Gasteiger partial charge in [0.1, 0.15) is 16.5 Å². The third-order valence-electron chi connectivity index (χ3n) is 3.32. The molecule has 0 bridgehead atoms. The van der Waals surface area contributed by atoms with Crippen molar-refractivity contribution in [3.63, 3.8) is 0 Å². The smallest absolute Gasteiger partial charge is 0.243 e. The van der Waals surface area contributed by atoms with Crippen molar-refractivity contribution < 1.29 is 17.2 Å². The van der Waals surface area contributed by atoms with Gasteiger partial charge in [0.15, 0.2) is 5.96 Å². The lowest BCUT2D eigenvalue weighted by Gasteiger charge is -2.16. The van der Waals surface area contributed by atoms with E-state index in [0.29, 0.717) is 18.1 Å². The molecule has 6 nitrogen and oxygen atoms in total. The van der Waals surface area contributed by atoms with Crippen LogP contribution < -0.4 is 10.5 Å². The Kier molecular flexibility index (Phi) is 4.97. The van der Waals surface area contributed by atoms with Gasteiger partial charge in [0.05, 0.1) is 6.54 Å². The molecule has 0 aromatic heterocycles. The number of hydrogen-bond donors (Lipinski definition) is 2. The van der Waals surface area contributed by atoms with E-state index in [-0.39, 0.29) is 13.1 Å². The zero-order valence-electron chi connectivity index (χ0n) is 12.1. The van der Waals surface area contributed by atoms with Crippen LogP contribution >= 0.6 is 0 Å². The van der Waals surface area contributed by atoms with Crippen LogP contribution in [0.4, 0.5) is 8.78 Å². The highest BCUT2D eigenvalue weighted by atomic mass is 32.2. The van der Waals surface area contributed by atoms with Gasteiger partial charge in [0.25, 0.3) is 0 Å². The van der Waals surface area contributed by atoms with Crippen molar-refractivity contribution in [1.82, 2.24) is 9.62 Å². The van der Waals surface area contributed by atoms with Crippen LogP contribution in [0.3, 0.4) is 0 Å². The highest BCUT2D eigenvalue weighted by molar-refractivity contribution is 7.89. The molecule has 1 fully saturated rings. The lowest BCUT2D eigenvalue weighted by atomic mass is 10.3. The quantitative estimate of drug-likeness (QED) is 0.455. The molecule has 3 N–H and O–H groups in total. The van der Waals surface area contributed by atoms with E-state index in [0.717, 1.165) is 25.0 Å². The molecule has 1 aliphatic carbocycles. The molecule has 22 heavy (non-hydrogen) atoms. The van der Waals surface area contributed by atoms with E-state index in [9.17, 15) is 17.2 Å². The zero-order chi connectivity index (χ0) is 16.3. The molecule has 0 atom stereocenters. The Morgan fingerprint density at radius 2 is 2.14 bits per heavy atom. The summed E-state index contributed by atoms with van der Waals surface area (Å²) in [6, 6.07) is 2.70. The van der Waals surface area contributed by atoms with Gasteiger partial charge in [-0.25, -0.2) is 21.9 Å². The number of nitrogens with two attached hydrogens (primary N) is 1. The van der Waals surface area contributed by atoms with Crippen LogP contribution in [-0.2, 0) is 10.0 Å². The van der Waals surface area contributed by atoms with Gasteiger partial charge in [-0.05, 0) is 25.0 Å². The van der Waals surface area contributed by atoms with Gasteiger partial charge in [-0.3, -0.25) is 4.99 Å². The van der Waals surface area contributed by atoms with Gasteiger partial charge in [-0.2, -0.15) is 0 Å². The van der Waals surface area contributed by atoms with E-state index in [4.69, 9.17) is 5.73 Å². The molecule has 9 heteroatoms. The summed E-state index contributed by atoms with van der Waals surface area (Å²) in [5, 5.41) is 0. The van der Waals surface area contributed by atoms with E-state index < -0.39 is 26.6 Å². The molecule has 0 spiro atoms. The van der Waals surface area contributed by atoms with E-state index in [1.807, 2.05) is 11.9 Å². The first kappa shape index (κ1) is 16.6. The average molecular weight is 332 g/mol. The third kappa shape index (κ3) is 4.14. The standard InChI is InChI=1S/C13H18F2N4O2S/c1-19(10-3-4-10)13(16)17-6-7-18-22(20,21)12-5-2-9(14)8-11(12)15/h2,5,8,10,18H,3-4,6-7H2,1H3,(H2,16,17). The second kappa shape index (κ2) is 6.57. The molecule has 0 heterocycles. The second-order valence-corrected chi connectivity index (χ2v) is 6.79. The summed E-state index contributed by atoms with van der Waals surface area (Å²) >= 11 is 0. The number of benzene rings is 1. The predicted octanol–water partition coefficient (Wildman–Crippen LogP) is 0.652. The van der Waals surface area contributed by atoms with Gasteiger partial charge < -0.3 is 10.6 Å². The van der Waals surface area contributed by atoms with Crippen molar-refractivity contribution in [3.05, 3.63) is 29.8 Å². The molecule has 0 aliphatic heterocycles. The van der Waals surface area contributed by atoms with Crippen LogP contribution in [-0.4, -0.2) is 45.5 Å². The predicted molar refractivity (Wildman–Crippen MR) is 78.8 cm³/mol. The Morgan fingerprint density at radius 1 is 1.45 bits per heavy atom. The number of hydrogen-bond acceptors (Lipinski definition) is 3. The van der Waals surface area contributed by atoms with Crippen molar-refractivity contribution in [2.24, 2.45) is 10.7 Å². The fourth-order valence-corrected chi connectivity index (χ4v) is 2.96. The highest BCUT2D eigenvalue weighted by Gasteiger charge is 2.27. The van der Waals surface area contributed by atoms with Gasteiger partial charge in [-0.1, -0.05) is 0 Å². The monoisotopic (exact) mass is 332 g/mol. The molecule has 0 unspecified atom stereocenters. The van der Waals surface area contributed by atoms with Crippen LogP contribution in [0.2, 0.25) is 0 Å². The summed E-state index contributed by atoms with van der Waals surface area (Å²) in [5.74, 6) is -1.63. The molecule has 1 aromatic carbocycles. The SMILES string of the molecule is CN(C(N)=NCCNS(=O)(=O)c1ccc(F)cc1F)C1CC1. The fraction of sp³-hybridized carbons (Fsp3) is 0.462. The Morgan fingerprint density at radius 3 is 2.73 bits per heavy atom. The summed E-state index contributed by atoms with van der Waals surface area (Å²) in [7, 11) is -2.22. The highest BCUT2D eigenvalue weighted by Crippen LogP contribution is 2.24. The largest absolute Gasteiger partial charge is 0.370 e. The van der Waals surface area contributed by atoms with Crippen molar-refractivity contribution >= 4 is 16.0 Å². The first-order chi connectivity index (χ1) is 10.3. The molecule has 122 valence electrons. The normalized spacial score (nSPS) is 15.9. The number of nitrogens with zero attached hydrogens (tertiary/aromatic N) is 2. The Hall–Kier alpha value is -1.74. The maximum absolute atomic E-state index is 13.5. The van der Waals surface area contributed by atoms with Crippen LogP contribution in [0.15, 0.2) is 28.1 Å². The molecular formula is C13H18F2N4O2S. The van der Waals surface area contributed by atoms with Gasteiger partial charge >= 0.3 is 0 Å². The fourth-order valence-electron chi connectivity index (χ4n) is 1.88. The molecule has 0 amide bonds. The lowest BCUT2D eigenvalue weighted by Crippen LogP contribution is -2.36. The van der Waals surface area contributed by atoms with Crippen LogP contribution in [0.1, 0.15) is 12.8 Å². The average Bonchev–Trinajstić information content (AvgIpc) is 3.26. The van der Waals surface area contributed by atoms with Crippen molar-refractivity contribution in [1.29, 1.82) is 0 Å². The molecule has 1 aliphatic rings. The number of rotatable bonds is 6. The first-order valence-electron chi connectivity index (χ1n) is 6.79. The Bertz CT molecular complexity index is 675. The van der Waals surface area contributed by atoms with E-state index in [1.54, 1.807) is 0 Å². The summed E-state index contributed by atoms with van der Waals surface area (Å²) in [5.41, 5.74) is 5.76. The van der Waals surface area contributed by atoms with Crippen LogP contribution in [0, 0.1) is 11.6 Å². The number of nitrogens with one attached hydrogen (secondary N) is 1. The number of guanidine groups is 1. The third-order valence-corrected chi connectivity index (χ3v) is 4.81. The lowest BCUT2D eigenvalue weighted by molar-refractivity contribution is 0.487. The molecule has 1 saturated carbocycles. The summed E-state index contributed by atoms with van der Waals surface area (Å²) in [6.45, 7) is 0.100. The topological polar surface area (TPSA) is 87.8 Å². The van der Waals surface area contributed by atoms with Crippen LogP contribution in [0.25, 0.3) is 0 Å². The molecule has 0 radical (unpaired) electrons. The van der Waals surface area contributed by atoms with Gasteiger partial charge in [-0.15, -0.1) is 0 Å². The Balaban J connectivity index is 1.91. The maximum atomic E-state index is 13.5. The number of aliphatic imine (C=N–C) groups is 1. The van der Waals surface area contributed by atoms with Gasteiger partial charge in [0, 0.05) is 25.7 Å². The summed E-state index contributed by atoms with van der Waals surface area (Å²) in [4.78, 5) is 5.30. The van der Waals surface area contributed by atoms with Crippen molar-refractivity contribution in [3.8, 4) is 0 Å². The zero-order valence-corrected chi connectivity index (χ0v) is 12.9. The number of sulfonamides is 1. The van der Waals surface area contributed by atoms with Gasteiger partial charge in [0.2, 0.25) is 10.0 Å². The number of halogens is 2. The summed E-state index contributed by atoms with van der Waals surface area (Å²) < 4.78 is 52.3. The molecule has 0 saturated heterocycles. The first-order valence-corrected chi connectivity index (χ1v) is 8.27. The van der Waals surface area contributed by atoms with E-state index >= 15 is 0 Å². The summed E-state index contributed by atoms with van der Waals surface area (Å²) in [6.07, 6.45) is 2.15. The molecule has 2 rings (SSSR count). The molecular weight excluding hydrogens is 314 g/mol. The minimum atomic E-state index is -4.05. The minimum Gasteiger partial charge on any atom is -0.370 e. The molecule has 1 aromatic rings. The maximum Gasteiger partial charge on any atom is 0.243 e. The van der Waals surface area contributed by atoms with Crippen molar-refractivity contribution in [2.75, 3.05) is 20.1 Å². The van der Waals surface area contributed by atoms with E-state index in [1.165, 1.54) is 0 Å². The Labute approximate surface area is 128 Å². The van der Waals surface area contributed by atoms with Crippen LogP contribution in [0.5, 0.6) is 0 Å². The van der Waals surface area contributed by atoms with E-state index in [2.05, 4.69) is 9.71 Å².